The normalized spacial score (nSPS) is 15.9. The van der Waals surface area contributed by atoms with E-state index in [-0.39, 0.29) is 23.3 Å². The Hall–Kier alpha value is -2.41. The molecule has 2 aromatic rings. The fourth-order valence-corrected chi connectivity index (χ4v) is 3.80. The quantitative estimate of drug-likeness (QED) is 0.727. The lowest BCUT2D eigenvalue weighted by Gasteiger charge is -2.28. The maximum atomic E-state index is 13.2. The first kappa shape index (κ1) is 22.3. The van der Waals surface area contributed by atoms with Gasteiger partial charge in [-0.2, -0.15) is 0 Å². The average Bonchev–Trinajstić information content (AvgIpc) is 2.72. The second-order valence-corrected chi connectivity index (χ2v) is 9.20. The van der Waals surface area contributed by atoms with E-state index in [0.29, 0.717) is 25.3 Å². The van der Waals surface area contributed by atoms with Gasteiger partial charge in [0.15, 0.2) is 5.82 Å². The molecule has 2 N–H and O–H groups in total. The number of para-hydroxylation sites is 2. The Kier molecular flexibility index (Phi) is 7.13. The maximum absolute atomic E-state index is 13.2. The van der Waals surface area contributed by atoms with Crippen LogP contribution in [0.15, 0.2) is 29.1 Å². The topological polar surface area (TPSA) is 87.5 Å². The Bertz CT molecular complexity index is 926. The van der Waals surface area contributed by atoms with Gasteiger partial charge >= 0.3 is 0 Å². The number of aromatic nitrogens is 2. The summed E-state index contributed by atoms with van der Waals surface area (Å²) in [6.45, 7) is 8.33. The molecule has 30 heavy (non-hydrogen) atoms. The van der Waals surface area contributed by atoms with Gasteiger partial charge in [0.1, 0.15) is 0 Å². The van der Waals surface area contributed by atoms with E-state index < -0.39 is 6.10 Å². The van der Waals surface area contributed by atoms with Crippen LogP contribution in [0.3, 0.4) is 0 Å². The van der Waals surface area contributed by atoms with Crippen LogP contribution < -0.4 is 15.8 Å². The number of nitrogens with zero attached hydrogens (tertiary/aromatic N) is 3. The SMILES string of the molecule is CC(C)(C)C(O)CCNC(=O)CCn1c(=O)c(N2CCCCC2)nc2ccccc21. The maximum Gasteiger partial charge on any atom is 0.294 e. The highest BCUT2D eigenvalue weighted by atomic mass is 16.3. The molecule has 2 heterocycles. The van der Waals surface area contributed by atoms with Crippen molar-refractivity contribution in [2.45, 2.75) is 65.5 Å². The summed E-state index contributed by atoms with van der Waals surface area (Å²) >= 11 is 0. The van der Waals surface area contributed by atoms with Crippen molar-refractivity contribution in [1.29, 1.82) is 0 Å². The minimum atomic E-state index is -0.475. The van der Waals surface area contributed by atoms with Crippen molar-refractivity contribution in [3.8, 4) is 0 Å². The van der Waals surface area contributed by atoms with Crippen LogP contribution in [0.1, 0.15) is 52.9 Å². The highest BCUT2D eigenvalue weighted by Crippen LogP contribution is 2.21. The number of aryl methyl sites for hydroxylation is 1. The molecular formula is C23H34N4O3. The smallest absolute Gasteiger partial charge is 0.294 e. The molecule has 1 aliphatic rings. The molecule has 7 heteroatoms. The molecule has 0 radical (unpaired) electrons. The summed E-state index contributed by atoms with van der Waals surface area (Å²) in [5, 5.41) is 13.0. The number of hydrogen-bond donors (Lipinski definition) is 2. The summed E-state index contributed by atoms with van der Waals surface area (Å²) in [6, 6.07) is 7.58. The van der Waals surface area contributed by atoms with Gasteiger partial charge in [-0.05, 0) is 43.2 Å². The lowest BCUT2D eigenvalue weighted by molar-refractivity contribution is -0.121. The Morgan fingerprint density at radius 3 is 2.60 bits per heavy atom. The zero-order valence-electron chi connectivity index (χ0n) is 18.4. The molecule has 0 aliphatic carbocycles. The number of piperidine rings is 1. The lowest BCUT2D eigenvalue weighted by Crippen LogP contribution is -2.38. The number of aliphatic hydroxyl groups is 1. The van der Waals surface area contributed by atoms with E-state index in [9.17, 15) is 14.7 Å². The van der Waals surface area contributed by atoms with Gasteiger partial charge in [0, 0.05) is 32.6 Å². The van der Waals surface area contributed by atoms with E-state index >= 15 is 0 Å². The minimum absolute atomic E-state index is 0.122. The van der Waals surface area contributed by atoms with Gasteiger partial charge in [-0.15, -0.1) is 0 Å². The summed E-state index contributed by atoms with van der Waals surface area (Å²) in [5.41, 5.74) is 1.18. The number of amides is 1. The van der Waals surface area contributed by atoms with E-state index in [0.717, 1.165) is 37.0 Å². The first-order valence-electron chi connectivity index (χ1n) is 11.0. The monoisotopic (exact) mass is 414 g/mol. The van der Waals surface area contributed by atoms with Crippen LogP contribution >= 0.6 is 0 Å². The standard InChI is InChI=1S/C23H34N4O3/c1-23(2,3)19(28)11-13-24-20(29)12-16-27-18-10-6-5-9-17(18)25-21(22(27)30)26-14-7-4-8-15-26/h5-6,9-10,19,28H,4,7-8,11-16H2,1-3H3,(H,24,29). The highest BCUT2D eigenvalue weighted by Gasteiger charge is 2.22. The molecular weight excluding hydrogens is 380 g/mol. The second-order valence-electron chi connectivity index (χ2n) is 9.20. The third-order valence-electron chi connectivity index (χ3n) is 5.79. The van der Waals surface area contributed by atoms with Crippen molar-refractivity contribution in [2.24, 2.45) is 5.41 Å². The largest absolute Gasteiger partial charge is 0.393 e. The predicted molar refractivity (Wildman–Crippen MR) is 120 cm³/mol. The number of carbonyl (C=O) groups is 1. The first-order chi connectivity index (χ1) is 14.3. The fraction of sp³-hybridized carbons (Fsp3) is 0.609. The van der Waals surface area contributed by atoms with Gasteiger partial charge in [-0.3, -0.25) is 9.59 Å². The number of hydrogen-bond acceptors (Lipinski definition) is 5. The highest BCUT2D eigenvalue weighted by molar-refractivity contribution is 5.78. The number of aliphatic hydroxyl groups excluding tert-OH is 1. The van der Waals surface area contributed by atoms with Crippen molar-refractivity contribution >= 4 is 22.8 Å². The molecule has 0 bridgehead atoms. The molecule has 0 saturated carbocycles. The number of benzene rings is 1. The van der Waals surface area contributed by atoms with Crippen molar-refractivity contribution in [3.05, 3.63) is 34.6 Å². The van der Waals surface area contributed by atoms with Crippen LogP contribution in [0, 0.1) is 5.41 Å². The second kappa shape index (κ2) is 9.60. The minimum Gasteiger partial charge on any atom is -0.393 e. The van der Waals surface area contributed by atoms with Gasteiger partial charge < -0.3 is 19.9 Å². The molecule has 1 aliphatic heterocycles. The lowest BCUT2D eigenvalue weighted by atomic mass is 9.87. The molecule has 1 amide bonds. The average molecular weight is 415 g/mol. The Morgan fingerprint density at radius 1 is 1.20 bits per heavy atom. The van der Waals surface area contributed by atoms with Gasteiger partial charge in [-0.25, -0.2) is 4.98 Å². The number of nitrogens with one attached hydrogen (secondary N) is 1. The van der Waals surface area contributed by atoms with Crippen molar-refractivity contribution in [2.75, 3.05) is 24.5 Å². The van der Waals surface area contributed by atoms with Gasteiger partial charge in [-0.1, -0.05) is 32.9 Å². The van der Waals surface area contributed by atoms with Crippen LogP contribution in [0.2, 0.25) is 0 Å². The van der Waals surface area contributed by atoms with E-state index in [4.69, 9.17) is 0 Å². The Morgan fingerprint density at radius 2 is 1.90 bits per heavy atom. The summed E-state index contributed by atoms with van der Waals surface area (Å²) in [7, 11) is 0. The van der Waals surface area contributed by atoms with E-state index in [1.165, 1.54) is 6.42 Å². The molecule has 1 atom stereocenters. The van der Waals surface area contributed by atoms with Gasteiger partial charge in [0.2, 0.25) is 5.91 Å². The first-order valence-corrected chi connectivity index (χ1v) is 11.0. The fourth-order valence-electron chi connectivity index (χ4n) is 3.80. The Balaban J connectivity index is 1.71. The van der Waals surface area contributed by atoms with Gasteiger partial charge in [0.05, 0.1) is 17.1 Å². The molecule has 0 spiro atoms. The number of rotatable bonds is 7. The number of carbonyl (C=O) groups excluding carboxylic acids is 1. The molecule has 1 aromatic heterocycles. The molecule has 164 valence electrons. The summed E-state index contributed by atoms with van der Waals surface area (Å²) < 4.78 is 1.68. The Labute approximate surface area is 178 Å². The third kappa shape index (κ3) is 5.39. The van der Waals surface area contributed by atoms with Crippen LogP contribution in [0.4, 0.5) is 5.82 Å². The molecule has 1 unspecified atom stereocenters. The molecule has 7 nitrogen and oxygen atoms in total. The van der Waals surface area contributed by atoms with Crippen LogP contribution in [-0.4, -0.2) is 46.3 Å². The van der Waals surface area contributed by atoms with E-state index in [2.05, 4.69) is 15.2 Å². The van der Waals surface area contributed by atoms with Crippen molar-refractivity contribution < 1.29 is 9.90 Å². The number of anilines is 1. The van der Waals surface area contributed by atoms with Crippen LogP contribution in [-0.2, 0) is 11.3 Å². The molecule has 3 rings (SSSR count). The van der Waals surface area contributed by atoms with Crippen LogP contribution in [0.5, 0.6) is 0 Å². The van der Waals surface area contributed by atoms with Crippen molar-refractivity contribution in [3.63, 3.8) is 0 Å². The molecule has 1 aromatic carbocycles. The van der Waals surface area contributed by atoms with E-state index in [1.54, 1.807) is 4.57 Å². The van der Waals surface area contributed by atoms with Crippen molar-refractivity contribution in [1.82, 2.24) is 14.9 Å². The zero-order chi connectivity index (χ0) is 21.7. The zero-order valence-corrected chi connectivity index (χ0v) is 18.4. The molecule has 1 fully saturated rings. The third-order valence-corrected chi connectivity index (χ3v) is 5.79. The summed E-state index contributed by atoms with van der Waals surface area (Å²) in [6.07, 6.45) is 3.55. The summed E-state index contributed by atoms with van der Waals surface area (Å²) in [4.78, 5) is 32.3. The van der Waals surface area contributed by atoms with E-state index in [1.807, 2.05) is 45.0 Å². The van der Waals surface area contributed by atoms with Gasteiger partial charge in [0.25, 0.3) is 5.56 Å². The predicted octanol–water partition coefficient (Wildman–Crippen LogP) is 2.69. The molecule has 1 saturated heterocycles. The number of fused-ring (bicyclic) bond motifs is 1. The van der Waals surface area contributed by atoms with Crippen LogP contribution in [0.25, 0.3) is 11.0 Å². The summed E-state index contributed by atoms with van der Waals surface area (Å²) in [5.74, 6) is 0.366.